The number of sulfonamides is 2. The summed E-state index contributed by atoms with van der Waals surface area (Å²) < 4.78 is 129. The van der Waals surface area contributed by atoms with Crippen LogP contribution < -0.4 is 15.6 Å². The van der Waals surface area contributed by atoms with Gasteiger partial charge in [-0.1, -0.05) is 27.5 Å². The van der Waals surface area contributed by atoms with Crippen LogP contribution in [0.3, 0.4) is 0 Å². The van der Waals surface area contributed by atoms with E-state index < -0.39 is 121 Å². The van der Waals surface area contributed by atoms with E-state index in [2.05, 4.69) is 36.1 Å². The van der Waals surface area contributed by atoms with Crippen molar-refractivity contribution >= 4 is 92.7 Å². The summed E-state index contributed by atoms with van der Waals surface area (Å²) in [5, 5.41) is 16.9. The van der Waals surface area contributed by atoms with Crippen molar-refractivity contribution in [3.8, 4) is 5.69 Å². The van der Waals surface area contributed by atoms with Crippen LogP contribution in [0.4, 0.5) is 33.5 Å². The average Bonchev–Trinajstić information content (AvgIpc) is 3.57. The van der Waals surface area contributed by atoms with Gasteiger partial charge in [0.25, 0.3) is 11.2 Å². The number of aromatic nitrogens is 4. The lowest BCUT2D eigenvalue weighted by Crippen LogP contribution is -2.54. The molecule has 1 aliphatic heterocycles. The lowest BCUT2D eigenvalue weighted by Gasteiger charge is -2.33. The molecule has 1 saturated heterocycles. The van der Waals surface area contributed by atoms with Crippen LogP contribution in [0.5, 0.6) is 0 Å². The molecule has 3 heterocycles. The zero-order valence-electron chi connectivity index (χ0n) is 33.7. The fourth-order valence-electron chi connectivity index (χ4n) is 7.19. The Bertz CT molecular complexity index is 3230. The maximum atomic E-state index is 14.8. The summed E-state index contributed by atoms with van der Waals surface area (Å²) in [6, 6.07) is 11.3. The van der Waals surface area contributed by atoms with E-state index in [1.54, 1.807) is 0 Å². The highest BCUT2D eigenvalue weighted by molar-refractivity contribution is 9.10. The maximum Gasteiger partial charge on any atom is 0.408 e. The molecule has 4 aromatic carbocycles. The van der Waals surface area contributed by atoms with Crippen LogP contribution in [0.2, 0.25) is 5.02 Å². The molecule has 7 rings (SSSR count). The first-order valence-electron chi connectivity index (χ1n) is 19.2. The number of halogens is 7. The molecule has 66 heavy (non-hydrogen) atoms. The summed E-state index contributed by atoms with van der Waals surface area (Å²) in [6.45, 7) is -2.69. The second-order valence-corrected chi connectivity index (χ2v) is 20.0. The number of nitro groups is 1. The Hall–Kier alpha value is -6.09. The van der Waals surface area contributed by atoms with Crippen molar-refractivity contribution < 1.29 is 53.3 Å². The summed E-state index contributed by atoms with van der Waals surface area (Å²) in [5.41, 5.74) is -2.33. The number of amides is 2. The van der Waals surface area contributed by atoms with E-state index >= 15 is 0 Å². The van der Waals surface area contributed by atoms with Gasteiger partial charge in [-0.05, 0) is 67.1 Å². The van der Waals surface area contributed by atoms with Crippen LogP contribution in [-0.2, 0) is 42.6 Å². The molecule has 2 aromatic heterocycles. The van der Waals surface area contributed by atoms with Gasteiger partial charge in [0.05, 0.1) is 67.2 Å². The Balaban J connectivity index is 1.34. The number of fused-ring (bicyclic) bond motifs is 2. The second kappa shape index (κ2) is 18.3. The SMILES string of the molecule is CCS(=O)(=O)Nc1nn(CC(F)(F)F)c2c(-n3c([C@H](Cc4cc(F)cc(F)c4)NC(=O)CN4CCN(S(=O)(=O)c5ccc([N+](=O)[O-])cc5)CC4=O)nc4cc(Br)ccc4c3=O)ccc(Cl)c12. The van der Waals surface area contributed by atoms with Gasteiger partial charge in [-0.3, -0.25) is 38.5 Å². The Kier molecular flexibility index (Phi) is 13.3. The van der Waals surface area contributed by atoms with E-state index in [0.29, 0.717) is 15.2 Å². The number of anilines is 1. The third-order valence-corrected chi connectivity index (χ3v) is 14.1. The Labute approximate surface area is 383 Å². The van der Waals surface area contributed by atoms with Gasteiger partial charge in [-0.25, -0.2) is 30.6 Å². The smallest absolute Gasteiger partial charge is 0.344 e. The highest BCUT2D eigenvalue weighted by atomic mass is 79.9. The molecular formula is C39H32BrClF5N9O9S2. The summed E-state index contributed by atoms with van der Waals surface area (Å²) in [4.78, 5) is 57.9. The first kappa shape index (κ1) is 47.9. The minimum Gasteiger partial charge on any atom is -0.344 e. The van der Waals surface area contributed by atoms with Gasteiger partial charge in [-0.2, -0.15) is 22.6 Å². The molecule has 6 aromatic rings. The van der Waals surface area contributed by atoms with Gasteiger partial charge in [0.15, 0.2) is 5.82 Å². The molecule has 1 atom stereocenters. The van der Waals surface area contributed by atoms with Gasteiger partial charge in [0.1, 0.15) is 24.0 Å². The largest absolute Gasteiger partial charge is 0.408 e. The molecule has 0 spiro atoms. The number of nitrogens with one attached hydrogen (secondary N) is 2. The molecule has 0 radical (unpaired) electrons. The number of nitrogens with zero attached hydrogens (tertiary/aromatic N) is 7. The highest BCUT2D eigenvalue weighted by Crippen LogP contribution is 2.37. The zero-order valence-corrected chi connectivity index (χ0v) is 37.7. The van der Waals surface area contributed by atoms with Gasteiger partial charge in [-0.15, -0.1) is 0 Å². The van der Waals surface area contributed by atoms with Crippen LogP contribution in [0, 0.1) is 21.7 Å². The third-order valence-electron chi connectivity index (χ3n) is 10.2. The van der Waals surface area contributed by atoms with E-state index in [4.69, 9.17) is 11.6 Å². The second-order valence-electron chi connectivity index (χ2n) is 14.7. The van der Waals surface area contributed by atoms with Crippen molar-refractivity contribution in [2.75, 3.05) is 36.7 Å². The van der Waals surface area contributed by atoms with Crippen molar-refractivity contribution in [3.63, 3.8) is 0 Å². The monoisotopic (exact) mass is 1040 g/mol. The minimum absolute atomic E-state index is 0.0174. The highest BCUT2D eigenvalue weighted by Gasteiger charge is 2.36. The van der Waals surface area contributed by atoms with Crippen LogP contribution in [0.1, 0.15) is 24.4 Å². The van der Waals surface area contributed by atoms with Crippen molar-refractivity contribution in [1.29, 1.82) is 0 Å². The Morgan fingerprint density at radius 3 is 2.29 bits per heavy atom. The predicted octanol–water partition coefficient (Wildman–Crippen LogP) is 5.59. The lowest BCUT2D eigenvalue weighted by atomic mass is 10.0. The molecule has 0 saturated carbocycles. The summed E-state index contributed by atoms with van der Waals surface area (Å²) in [5.74, 6) is -5.43. The molecule has 1 aliphatic rings. The number of benzene rings is 4. The van der Waals surface area contributed by atoms with Crippen molar-refractivity contribution in [2.24, 2.45) is 0 Å². The standard InChI is InChI=1S/C39H32BrClF5N9O9S2/c1-2-65(61,62)50-36-34-28(41)9-10-31(35(34)53(49-36)20-39(44,45)46)54-37(48-29-16-22(40)3-8-27(29)38(54)58)30(15-21-13-23(42)17-24(43)14-21)47-32(56)18-51-11-12-52(19-33(51)57)66(63,64)26-6-4-25(5-7-26)55(59)60/h3-10,13-14,16-17,30H,2,11-12,15,18-20H2,1H3,(H,47,56)(H,49,50)/t30-/m0/s1. The average molecular weight is 1050 g/mol. The van der Waals surface area contributed by atoms with Gasteiger partial charge in [0, 0.05) is 42.2 Å². The van der Waals surface area contributed by atoms with Crippen LogP contribution >= 0.6 is 27.5 Å². The molecule has 27 heteroatoms. The number of hydrogen-bond acceptors (Lipinski definition) is 11. The lowest BCUT2D eigenvalue weighted by molar-refractivity contribution is -0.384. The number of piperazine rings is 1. The molecule has 0 bridgehead atoms. The fourth-order valence-corrected chi connectivity index (χ4v) is 9.75. The van der Waals surface area contributed by atoms with Crippen LogP contribution in [0.25, 0.3) is 27.5 Å². The first-order chi connectivity index (χ1) is 30.9. The molecule has 18 nitrogen and oxygen atoms in total. The van der Waals surface area contributed by atoms with Gasteiger partial charge >= 0.3 is 6.18 Å². The third kappa shape index (κ3) is 10.2. The molecule has 2 N–H and O–H groups in total. The number of nitro benzene ring substituents is 1. The molecule has 0 unspecified atom stereocenters. The van der Waals surface area contributed by atoms with E-state index in [1.807, 2.05) is 0 Å². The molecule has 0 aliphatic carbocycles. The van der Waals surface area contributed by atoms with Crippen molar-refractivity contribution in [2.45, 2.75) is 37.0 Å². The number of non-ortho nitro benzene ring substituents is 1. The molecule has 348 valence electrons. The van der Waals surface area contributed by atoms with E-state index in [1.165, 1.54) is 25.1 Å². The van der Waals surface area contributed by atoms with E-state index in [9.17, 15) is 63.3 Å². The number of carbonyl (C=O) groups is 2. The molecular weight excluding hydrogens is 1010 g/mol. The van der Waals surface area contributed by atoms with E-state index in [-0.39, 0.29) is 50.5 Å². The number of hydrogen-bond donors (Lipinski definition) is 2. The molecule has 2 amide bonds. The molecule has 1 fully saturated rings. The minimum atomic E-state index is -4.98. The van der Waals surface area contributed by atoms with Crippen molar-refractivity contribution in [3.05, 3.63) is 126 Å². The predicted molar refractivity (Wildman–Crippen MR) is 232 cm³/mol. The number of alkyl halides is 3. The summed E-state index contributed by atoms with van der Waals surface area (Å²) >= 11 is 9.83. The van der Waals surface area contributed by atoms with Gasteiger partial charge in [0.2, 0.25) is 31.9 Å². The summed E-state index contributed by atoms with van der Waals surface area (Å²) in [7, 11) is -8.53. The maximum absolute atomic E-state index is 14.8. The summed E-state index contributed by atoms with van der Waals surface area (Å²) in [6.07, 6.45) is -5.52. The Morgan fingerprint density at radius 1 is 0.985 bits per heavy atom. The topological polar surface area (TPSA) is 229 Å². The number of carbonyl (C=O) groups excluding carboxylic acids is 2. The van der Waals surface area contributed by atoms with E-state index in [0.717, 1.165) is 62.3 Å². The Morgan fingerprint density at radius 2 is 1.67 bits per heavy atom. The van der Waals surface area contributed by atoms with Crippen LogP contribution in [-0.4, -0.2) is 100 Å². The number of rotatable bonds is 14. The fraction of sp³-hybridized carbons (Fsp3) is 0.256. The zero-order chi connectivity index (χ0) is 48.0. The quantitative estimate of drug-likeness (QED) is 0.0776. The van der Waals surface area contributed by atoms with Crippen LogP contribution in [0.15, 0.2) is 87.0 Å². The normalized spacial score (nSPS) is 14.5. The van der Waals surface area contributed by atoms with Gasteiger partial charge < -0.3 is 10.2 Å². The first-order valence-corrected chi connectivity index (χ1v) is 23.5. The van der Waals surface area contributed by atoms with Crippen molar-refractivity contribution in [1.82, 2.24) is 33.9 Å².